The Morgan fingerprint density at radius 1 is 1.07 bits per heavy atom. The van der Waals surface area contributed by atoms with Crippen LogP contribution in [0.4, 0.5) is 5.69 Å². The van der Waals surface area contributed by atoms with Crippen molar-refractivity contribution in [3.8, 4) is 0 Å². The number of carbonyl (C=O) groups excluding carboxylic acids is 1. The molecular formula is C20H27N3O4S. The maximum Gasteiger partial charge on any atom is 0.355 e. The standard InChI is InChI=1S/C20H27N3O4S/c1-5-27-20(24)18-15(2)19(16(3)21(18)4)28(25,26)23-13-11-22(12-14-23)17-9-7-6-8-10-17/h6-10H,5,11-14H2,1-4H3. The van der Waals surface area contributed by atoms with Crippen LogP contribution in [0.5, 0.6) is 0 Å². The number of carbonyl (C=O) groups is 1. The van der Waals surface area contributed by atoms with Gasteiger partial charge in [0.1, 0.15) is 10.6 Å². The Morgan fingerprint density at radius 2 is 1.68 bits per heavy atom. The Bertz CT molecular complexity index is 959. The van der Waals surface area contributed by atoms with Crippen LogP contribution in [-0.4, -0.2) is 56.0 Å². The summed E-state index contributed by atoms with van der Waals surface area (Å²) in [5.41, 5.74) is 2.38. The molecule has 1 aliphatic heterocycles. The summed E-state index contributed by atoms with van der Waals surface area (Å²) in [7, 11) is -2.01. The summed E-state index contributed by atoms with van der Waals surface area (Å²) in [5, 5.41) is 0. The normalized spacial score (nSPS) is 15.6. The van der Waals surface area contributed by atoms with Gasteiger partial charge in [0.2, 0.25) is 10.0 Å². The molecule has 0 N–H and O–H groups in total. The molecule has 3 rings (SSSR count). The molecule has 0 bridgehead atoms. The zero-order chi connectivity index (χ0) is 20.5. The molecular weight excluding hydrogens is 378 g/mol. The Morgan fingerprint density at radius 3 is 2.25 bits per heavy atom. The number of hydrogen-bond acceptors (Lipinski definition) is 5. The van der Waals surface area contributed by atoms with Gasteiger partial charge in [-0.2, -0.15) is 4.31 Å². The van der Waals surface area contributed by atoms with E-state index in [1.807, 2.05) is 30.3 Å². The summed E-state index contributed by atoms with van der Waals surface area (Å²) in [6, 6.07) is 9.98. The van der Waals surface area contributed by atoms with Crippen molar-refractivity contribution in [3.63, 3.8) is 0 Å². The molecule has 0 unspecified atom stereocenters. The Hall–Kier alpha value is -2.32. The lowest BCUT2D eigenvalue weighted by Crippen LogP contribution is -2.48. The van der Waals surface area contributed by atoms with Gasteiger partial charge in [0.25, 0.3) is 0 Å². The summed E-state index contributed by atoms with van der Waals surface area (Å²) >= 11 is 0. The fraction of sp³-hybridized carbons (Fsp3) is 0.450. The average Bonchev–Trinajstić information content (AvgIpc) is 2.92. The smallest absolute Gasteiger partial charge is 0.355 e. The van der Waals surface area contributed by atoms with Crippen molar-refractivity contribution in [2.24, 2.45) is 7.05 Å². The van der Waals surface area contributed by atoms with E-state index in [4.69, 9.17) is 4.74 Å². The monoisotopic (exact) mass is 405 g/mol. The second-order valence-electron chi connectivity index (χ2n) is 6.89. The molecule has 0 aliphatic carbocycles. The molecule has 0 amide bonds. The van der Waals surface area contributed by atoms with E-state index >= 15 is 0 Å². The van der Waals surface area contributed by atoms with Crippen LogP contribution in [0.2, 0.25) is 0 Å². The van der Waals surface area contributed by atoms with Gasteiger partial charge in [0.05, 0.1) is 6.61 Å². The first kappa shape index (κ1) is 20.4. The number of anilines is 1. The second kappa shape index (κ2) is 7.97. The molecule has 2 aromatic rings. The van der Waals surface area contributed by atoms with Crippen LogP contribution in [0.25, 0.3) is 0 Å². The lowest BCUT2D eigenvalue weighted by Gasteiger charge is -2.35. The highest BCUT2D eigenvalue weighted by Crippen LogP contribution is 2.30. The van der Waals surface area contributed by atoms with Crippen LogP contribution >= 0.6 is 0 Å². The molecule has 1 aromatic heterocycles. The van der Waals surface area contributed by atoms with Crippen LogP contribution < -0.4 is 4.90 Å². The number of esters is 1. The van der Waals surface area contributed by atoms with Crippen LogP contribution in [0.1, 0.15) is 28.7 Å². The van der Waals surface area contributed by atoms with E-state index in [9.17, 15) is 13.2 Å². The van der Waals surface area contributed by atoms with Gasteiger partial charge >= 0.3 is 5.97 Å². The predicted molar refractivity (Wildman–Crippen MR) is 108 cm³/mol. The number of hydrogen-bond donors (Lipinski definition) is 0. The maximum atomic E-state index is 13.4. The van der Waals surface area contributed by atoms with Crippen LogP contribution in [-0.2, 0) is 21.8 Å². The lowest BCUT2D eigenvalue weighted by atomic mass is 10.2. The van der Waals surface area contributed by atoms with E-state index in [1.54, 1.807) is 32.4 Å². The van der Waals surface area contributed by atoms with E-state index in [1.165, 1.54) is 4.31 Å². The van der Waals surface area contributed by atoms with E-state index in [-0.39, 0.29) is 11.5 Å². The number of aromatic nitrogens is 1. The quantitative estimate of drug-likeness (QED) is 0.714. The van der Waals surface area contributed by atoms with Gasteiger partial charge in [-0.1, -0.05) is 18.2 Å². The van der Waals surface area contributed by atoms with Gasteiger partial charge in [-0.05, 0) is 32.9 Å². The predicted octanol–water partition coefficient (Wildman–Crippen LogP) is 2.33. The van der Waals surface area contributed by atoms with Crippen molar-refractivity contribution in [2.45, 2.75) is 25.7 Å². The first-order chi connectivity index (χ1) is 13.3. The van der Waals surface area contributed by atoms with E-state index in [0.29, 0.717) is 43.1 Å². The number of sulfonamides is 1. The van der Waals surface area contributed by atoms with Crippen LogP contribution in [0, 0.1) is 13.8 Å². The molecule has 7 nitrogen and oxygen atoms in total. The summed E-state index contributed by atoms with van der Waals surface area (Å²) in [6.45, 7) is 7.42. The van der Waals surface area contributed by atoms with E-state index in [2.05, 4.69) is 4.90 Å². The molecule has 2 heterocycles. The van der Waals surface area contributed by atoms with Crippen molar-refractivity contribution < 1.29 is 17.9 Å². The van der Waals surface area contributed by atoms with Crippen LogP contribution in [0.3, 0.4) is 0 Å². The third-order valence-electron chi connectivity index (χ3n) is 5.29. The average molecular weight is 406 g/mol. The fourth-order valence-corrected chi connectivity index (χ4v) is 5.67. The van der Waals surface area contributed by atoms with Crippen molar-refractivity contribution >= 4 is 21.7 Å². The number of nitrogens with zero attached hydrogens (tertiary/aromatic N) is 3. The molecule has 0 spiro atoms. The highest BCUT2D eigenvalue weighted by atomic mass is 32.2. The third kappa shape index (κ3) is 3.54. The van der Waals surface area contributed by atoms with Crippen molar-refractivity contribution in [2.75, 3.05) is 37.7 Å². The second-order valence-corrected chi connectivity index (χ2v) is 8.77. The number of ether oxygens (including phenoxy) is 1. The van der Waals surface area contributed by atoms with Crippen molar-refractivity contribution in [1.29, 1.82) is 0 Å². The molecule has 8 heteroatoms. The molecule has 1 fully saturated rings. The van der Waals surface area contributed by atoms with Gasteiger partial charge in [-0.15, -0.1) is 0 Å². The van der Waals surface area contributed by atoms with E-state index < -0.39 is 16.0 Å². The number of rotatable bonds is 5. The zero-order valence-electron chi connectivity index (χ0n) is 16.8. The maximum absolute atomic E-state index is 13.4. The molecule has 1 aliphatic rings. The van der Waals surface area contributed by atoms with Gasteiger partial charge in [-0.25, -0.2) is 13.2 Å². The van der Waals surface area contributed by atoms with Crippen LogP contribution in [0.15, 0.2) is 35.2 Å². The minimum Gasteiger partial charge on any atom is -0.461 e. The minimum absolute atomic E-state index is 0.214. The highest BCUT2D eigenvalue weighted by molar-refractivity contribution is 7.89. The van der Waals surface area contributed by atoms with Crippen molar-refractivity contribution in [1.82, 2.24) is 8.87 Å². The van der Waals surface area contributed by atoms with Crippen molar-refractivity contribution in [3.05, 3.63) is 47.3 Å². The highest BCUT2D eigenvalue weighted by Gasteiger charge is 2.35. The Labute approximate surface area is 166 Å². The van der Waals surface area contributed by atoms with Gasteiger partial charge in [-0.3, -0.25) is 0 Å². The lowest BCUT2D eigenvalue weighted by molar-refractivity contribution is 0.0514. The summed E-state index contributed by atoms with van der Waals surface area (Å²) in [6.07, 6.45) is 0. The first-order valence-electron chi connectivity index (χ1n) is 9.42. The largest absolute Gasteiger partial charge is 0.461 e. The number of piperazine rings is 1. The molecule has 0 radical (unpaired) electrons. The van der Waals surface area contributed by atoms with Gasteiger partial charge in [0.15, 0.2) is 0 Å². The van der Waals surface area contributed by atoms with E-state index in [0.717, 1.165) is 5.69 Å². The topological polar surface area (TPSA) is 71.8 Å². The zero-order valence-corrected chi connectivity index (χ0v) is 17.6. The molecule has 0 saturated carbocycles. The summed E-state index contributed by atoms with van der Waals surface area (Å²) in [4.78, 5) is 14.7. The molecule has 152 valence electrons. The molecule has 28 heavy (non-hydrogen) atoms. The SMILES string of the molecule is CCOC(=O)c1c(C)c(S(=O)(=O)N2CCN(c3ccccc3)CC2)c(C)n1C. The Kier molecular flexibility index (Phi) is 5.81. The Balaban J connectivity index is 1.86. The fourth-order valence-electron chi connectivity index (χ4n) is 3.77. The summed E-state index contributed by atoms with van der Waals surface area (Å²) < 4.78 is 34.9. The van der Waals surface area contributed by atoms with Gasteiger partial charge < -0.3 is 14.2 Å². The molecule has 0 atom stereocenters. The number of para-hydroxylation sites is 1. The van der Waals surface area contributed by atoms with Gasteiger partial charge in [0, 0.05) is 50.2 Å². The third-order valence-corrected chi connectivity index (χ3v) is 7.45. The molecule has 1 aromatic carbocycles. The molecule has 1 saturated heterocycles. The summed E-state index contributed by atoms with van der Waals surface area (Å²) in [5.74, 6) is -0.499. The minimum atomic E-state index is -3.70. The number of benzene rings is 1. The first-order valence-corrected chi connectivity index (χ1v) is 10.9.